The minimum atomic E-state index is -0.129. The Morgan fingerprint density at radius 3 is 2.33 bits per heavy atom. The molecule has 3 heterocycles. The van der Waals surface area contributed by atoms with E-state index in [1.807, 2.05) is 47.9 Å². The van der Waals surface area contributed by atoms with E-state index in [2.05, 4.69) is 25.6 Å². The normalized spacial score (nSPS) is 11.5. The van der Waals surface area contributed by atoms with Crippen molar-refractivity contribution in [3.8, 4) is 5.69 Å². The Kier molecular flexibility index (Phi) is 4.20. The molecule has 30 heavy (non-hydrogen) atoms. The number of benzene rings is 2. The molecule has 5 rings (SSSR count). The minimum Gasteiger partial charge on any atom is -0.292 e. The zero-order valence-corrected chi connectivity index (χ0v) is 17.0. The van der Waals surface area contributed by atoms with Crippen molar-refractivity contribution >= 4 is 33.2 Å². The van der Waals surface area contributed by atoms with E-state index in [1.54, 1.807) is 10.6 Å². The van der Waals surface area contributed by atoms with Gasteiger partial charge in [0, 0.05) is 12.2 Å². The molecule has 0 spiro atoms. The van der Waals surface area contributed by atoms with Crippen LogP contribution in [0.15, 0.2) is 66.0 Å². The second-order valence-corrected chi connectivity index (χ2v) is 7.30. The molecule has 2 aromatic carbocycles. The van der Waals surface area contributed by atoms with Crippen LogP contribution in [0.5, 0.6) is 0 Å². The fourth-order valence-electron chi connectivity index (χ4n) is 3.90. The summed E-state index contributed by atoms with van der Waals surface area (Å²) in [5, 5.41) is 0.482. The van der Waals surface area contributed by atoms with Crippen LogP contribution in [-0.4, -0.2) is 24.1 Å². The molecule has 0 bridgehead atoms. The van der Waals surface area contributed by atoms with E-state index in [0.717, 1.165) is 23.1 Å². The second kappa shape index (κ2) is 6.91. The van der Waals surface area contributed by atoms with E-state index >= 15 is 0 Å². The average molecular weight is 395 g/mol. The molecule has 0 aliphatic carbocycles. The average Bonchev–Trinajstić information content (AvgIpc) is 3.08. The summed E-state index contributed by atoms with van der Waals surface area (Å²) < 4.78 is 3.56. The number of aryl methyl sites for hydroxylation is 2. The smallest absolute Gasteiger partial charge is 0.265 e. The fraction of sp³-hybridized carbons (Fsp3) is 0.167. The first-order valence-electron chi connectivity index (χ1n) is 10.0. The lowest BCUT2D eigenvalue weighted by Crippen LogP contribution is -2.23. The second-order valence-electron chi connectivity index (χ2n) is 7.30. The van der Waals surface area contributed by atoms with Gasteiger partial charge in [-0.15, -0.1) is 6.58 Å². The number of hydrogen-bond donors (Lipinski definition) is 0. The van der Waals surface area contributed by atoms with Crippen LogP contribution in [0.3, 0.4) is 0 Å². The summed E-state index contributed by atoms with van der Waals surface area (Å²) in [6.45, 7) is 8.13. The summed E-state index contributed by atoms with van der Waals surface area (Å²) in [5.74, 6) is 0.631. The number of allylic oxidation sites excluding steroid dienone is 1. The predicted molar refractivity (Wildman–Crippen MR) is 120 cm³/mol. The largest absolute Gasteiger partial charge is 0.292 e. The Morgan fingerprint density at radius 2 is 1.67 bits per heavy atom. The van der Waals surface area contributed by atoms with E-state index in [4.69, 9.17) is 15.0 Å². The van der Waals surface area contributed by atoms with E-state index in [0.29, 0.717) is 34.6 Å². The molecule has 0 atom stereocenters. The summed E-state index contributed by atoms with van der Waals surface area (Å²) in [6.07, 6.45) is 2.66. The minimum absolute atomic E-state index is 0.129. The molecule has 6 nitrogen and oxygen atoms in total. The molecular weight excluding hydrogens is 374 g/mol. The van der Waals surface area contributed by atoms with Crippen LogP contribution < -0.4 is 5.56 Å². The number of aromatic nitrogens is 5. The molecule has 0 amide bonds. The van der Waals surface area contributed by atoms with Gasteiger partial charge in [0.15, 0.2) is 11.3 Å². The summed E-state index contributed by atoms with van der Waals surface area (Å²) in [4.78, 5) is 27.9. The van der Waals surface area contributed by atoms with E-state index in [1.165, 1.54) is 5.56 Å². The van der Waals surface area contributed by atoms with Gasteiger partial charge in [0.05, 0.1) is 11.0 Å². The van der Waals surface area contributed by atoms with Crippen LogP contribution in [0.4, 0.5) is 0 Å². The molecule has 0 radical (unpaired) electrons. The molecule has 0 fully saturated rings. The van der Waals surface area contributed by atoms with Gasteiger partial charge in [0.1, 0.15) is 16.7 Å². The number of rotatable bonds is 4. The van der Waals surface area contributed by atoms with Gasteiger partial charge in [0.25, 0.3) is 5.56 Å². The van der Waals surface area contributed by atoms with Crippen molar-refractivity contribution < 1.29 is 0 Å². The Balaban J connectivity index is 1.98. The number of para-hydroxylation sites is 2. The van der Waals surface area contributed by atoms with Crippen molar-refractivity contribution in [3.63, 3.8) is 0 Å². The van der Waals surface area contributed by atoms with Crippen molar-refractivity contribution in [2.45, 2.75) is 26.8 Å². The molecule has 0 aliphatic rings. The molecular formula is C24H21N5O. The molecule has 5 aromatic rings. The Morgan fingerprint density at radius 1 is 0.967 bits per heavy atom. The molecule has 0 saturated heterocycles. The summed E-state index contributed by atoms with van der Waals surface area (Å²) in [6, 6.07) is 16.0. The lowest BCUT2D eigenvalue weighted by molar-refractivity contribution is 0.727. The Bertz CT molecular complexity index is 1490. The monoisotopic (exact) mass is 395 g/mol. The van der Waals surface area contributed by atoms with E-state index in [9.17, 15) is 4.79 Å². The third-order valence-corrected chi connectivity index (χ3v) is 5.47. The topological polar surface area (TPSA) is 65.6 Å². The maximum atomic E-state index is 13.4. The summed E-state index contributed by atoms with van der Waals surface area (Å²) >= 11 is 0. The third-order valence-electron chi connectivity index (χ3n) is 5.47. The maximum Gasteiger partial charge on any atom is 0.265 e. The lowest BCUT2D eigenvalue weighted by Gasteiger charge is -2.10. The van der Waals surface area contributed by atoms with Crippen LogP contribution in [0.1, 0.15) is 18.3 Å². The van der Waals surface area contributed by atoms with Crippen molar-refractivity contribution in [2.75, 3.05) is 0 Å². The van der Waals surface area contributed by atoms with Gasteiger partial charge < -0.3 is 0 Å². The molecule has 0 aliphatic heterocycles. The first-order chi connectivity index (χ1) is 14.6. The fourth-order valence-corrected chi connectivity index (χ4v) is 3.90. The molecule has 0 N–H and O–H groups in total. The third kappa shape index (κ3) is 2.64. The predicted octanol–water partition coefficient (Wildman–Crippen LogP) is 4.34. The molecule has 148 valence electrons. The van der Waals surface area contributed by atoms with E-state index in [-0.39, 0.29) is 5.56 Å². The summed E-state index contributed by atoms with van der Waals surface area (Å²) in [5.41, 5.74) is 5.33. The van der Waals surface area contributed by atoms with Gasteiger partial charge >= 0.3 is 0 Å². The van der Waals surface area contributed by atoms with Gasteiger partial charge in [-0.2, -0.15) is 0 Å². The molecule has 0 saturated carbocycles. The van der Waals surface area contributed by atoms with Gasteiger partial charge in [0.2, 0.25) is 0 Å². The standard InChI is InChI=1S/C24H21N5O/c1-4-14-28-15(3)25-22-20(24(28)30)21-23(27-19-9-7-6-8-18(19)26-21)29(22)17-12-10-16(5-2)11-13-17/h4,6-13H,1,5,14H2,2-3H3. The van der Waals surface area contributed by atoms with Crippen LogP contribution >= 0.6 is 0 Å². The molecule has 6 heteroatoms. The number of fused-ring (bicyclic) bond motifs is 4. The number of hydrogen-bond acceptors (Lipinski definition) is 4. The van der Waals surface area contributed by atoms with Crippen LogP contribution in [-0.2, 0) is 13.0 Å². The first-order valence-corrected chi connectivity index (χ1v) is 10.0. The SMILES string of the molecule is C=CCn1c(C)nc2c(c1=O)c1nc3ccccc3nc1n2-c1ccc(CC)cc1. The van der Waals surface area contributed by atoms with Crippen molar-refractivity contribution in [2.24, 2.45) is 0 Å². The number of nitrogens with zero attached hydrogens (tertiary/aromatic N) is 5. The molecule has 3 aromatic heterocycles. The van der Waals surface area contributed by atoms with Crippen molar-refractivity contribution in [3.05, 3.63) is 82.9 Å². The van der Waals surface area contributed by atoms with Gasteiger partial charge in [-0.1, -0.05) is 37.3 Å². The highest BCUT2D eigenvalue weighted by molar-refractivity contribution is 6.05. The van der Waals surface area contributed by atoms with Gasteiger partial charge in [-0.25, -0.2) is 15.0 Å². The lowest BCUT2D eigenvalue weighted by atomic mass is 10.1. The summed E-state index contributed by atoms with van der Waals surface area (Å²) in [7, 11) is 0. The highest BCUT2D eigenvalue weighted by Crippen LogP contribution is 2.28. The van der Waals surface area contributed by atoms with Gasteiger partial charge in [-0.05, 0) is 43.2 Å². The van der Waals surface area contributed by atoms with Crippen LogP contribution in [0.2, 0.25) is 0 Å². The van der Waals surface area contributed by atoms with E-state index < -0.39 is 0 Å². The van der Waals surface area contributed by atoms with Crippen LogP contribution in [0.25, 0.3) is 38.9 Å². The van der Waals surface area contributed by atoms with Crippen LogP contribution in [0, 0.1) is 6.92 Å². The maximum absolute atomic E-state index is 13.4. The Labute approximate surface area is 173 Å². The van der Waals surface area contributed by atoms with Crippen molar-refractivity contribution in [1.82, 2.24) is 24.1 Å². The van der Waals surface area contributed by atoms with Gasteiger partial charge in [-0.3, -0.25) is 13.9 Å². The molecule has 0 unspecified atom stereocenters. The first kappa shape index (κ1) is 18.2. The van der Waals surface area contributed by atoms with Crippen molar-refractivity contribution in [1.29, 1.82) is 0 Å². The zero-order valence-electron chi connectivity index (χ0n) is 17.0. The zero-order chi connectivity index (χ0) is 20.8. The highest BCUT2D eigenvalue weighted by Gasteiger charge is 2.21. The Hall–Kier alpha value is -3.80. The quantitative estimate of drug-likeness (QED) is 0.425. The highest BCUT2D eigenvalue weighted by atomic mass is 16.1.